The summed E-state index contributed by atoms with van der Waals surface area (Å²) in [6.07, 6.45) is 2.10. The fourth-order valence-corrected chi connectivity index (χ4v) is 2.45. The Hall–Kier alpha value is -1.60. The number of nitrogens with one attached hydrogen (secondary N) is 3. The van der Waals surface area contributed by atoms with Crippen molar-refractivity contribution in [1.82, 2.24) is 10.0 Å². The van der Waals surface area contributed by atoms with Crippen molar-refractivity contribution >= 4 is 21.6 Å². The van der Waals surface area contributed by atoms with Gasteiger partial charge in [0, 0.05) is 11.7 Å². The van der Waals surface area contributed by atoms with Gasteiger partial charge >= 0.3 is 0 Å². The standard InChI is InChI=1S/C13H19N3O3S/c1-9(13(17)16-11-3-4-11)15-10-5-7-12(8-6-10)20(18,19)14-2/h5-9,11,14-15H,3-4H2,1-2H3,(H,16,17). The molecule has 1 aliphatic carbocycles. The van der Waals surface area contributed by atoms with Crippen LogP contribution in [0.2, 0.25) is 0 Å². The van der Waals surface area contributed by atoms with Crippen molar-refractivity contribution in [2.45, 2.75) is 36.7 Å². The van der Waals surface area contributed by atoms with Gasteiger partial charge in [0.25, 0.3) is 0 Å². The monoisotopic (exact) mass is 297 g/mol. The molecule has 6 nitrogen and oxygen atoms in total. The van der Waals surface area contributed by atoms with Crippen LogP contribution in [0.3, 0.4) is 0 Å². The van der Waals surface area contributed by atoms with Crippen molar-refractivity contribution in [3.63, 3.8) is 0 Å². The summed E-state index contributed by atoms with van der Waals surface area (Å²) in [5.41, 5.74) is 0.707. The first kappa shape index (κ1) is 14.8. The number of hydrogen-bond donors (Lipinski definition) is 3. The van der Waals surface area contributed by atoms with E-state index in [0.29, 0.717) is 11.7 Å². The van der Waals surface area contributed by atoms with Gasteiger partial charge in [0.1, 0.15) is 6.04 Å². The highest BCUT2D eigenvalue weighted by Gasteiger charge is 2.25. The van der Waals surface area contributed by atoms with Crippen LogP contribution in [-0.4, -0.2) is 33.5 Å². The smallest absolute Gasteiger partial charge is 0.242 e. The van der Waals surface area contributed by atoms with Gasteiger partial charge in [0.05, 0.1) is 4.90 Å². The fraction of sp³-hybridized carbons (Fsp3) is 0.462. The first-order chi connectivity index (χ1) is 9.42. The van der Waals surface area contributed by atoms with E-state index in [1.165, 1.54) is 19.2 Å². The number of benzene rings is 1. The second-order valence-corrected chi connectivity index (χ2v) is 6.77. The van der Waals surface area contributed by atoms with E-state index in [-0.39, 0.29) is 16.8 Å². The van der Waals surface area contributed by atoms with Gasteiger partial charge in [-0.1, -0.05) is 0 Å². The molecule has 0 heterocycles. The van der Waals surface area contributed by atoms with Crippen LogP contribution < -0.4 is 15.4 Å². The molecule has 20 heavy (non-hydrogen) atoms. The fourth-order valence-electron chi connectivity index (χ4n) is 1.72. The third kappa shape index (κ3) is 3.71. The lowest BCUT2D eigenvalue weighted by Gasteiger charge is -2.15. The van der Waals surface area contributed by atoms with E-state index in [2.05, 4.69) is 15.4 Å². The average molecular weight is 297 g/mol. The van der Waals surface area contributed by atoms with Crippen LogP contribution in [0.15, 0.2) is 29.2 Å². The number of sulfonamides is 1. The van der Waals surface area contributed by atoms with Gasteiger partial charge in [-0.2, -0.15) is 0 Å². The van der Waals surface area contributed by atoms with Gasteiger partial charge in [-0.3, -0.25) is 4.79 Å². The summed E-state index contributed by atoms with van der Waals surface area (Å²) in [4.78, 5) is 12.0. The molecule has 0 radical (unpaired) electrons. The molecule has 0 saturated heterocycles. The van der Waals surface area contributed by atoms with Crippen LogP contribution in [0.1, 0.15) is 19.8 Å². The molecule has 1 saturated carbocycles. The van der Waals surface area contributed by atoms with Crippen molar-refractivity contribution in [1.29, 1.82) is 0 Å². The van der Waals surface area contributed by atoms with Gasteiger partial charge < -0.3 is 10.6 Å². The molecular formula is C13H19N3O3S. The second-order valence-electron chi connectivity index (χ2n) is 4.88. The highest BCUT2D eigenvalue weighted by molar-refractivity contribution is 7.89. The molecule has 7 heteroatoms. The maximum absolute atomic E-state index is 11.8. The average Bonchev–Trinajstić information content (AvgIpc) is 3.23. The summed E-state index contributed by atoms with van der Waals surface area (Å²) in [7, 11) is -2.06. The molecule has 2 rings (SSSR count). The van der Waals surface area contributed by atoms with Crippen LogP contribution in [0.25, 0.3) is 0 Å². The van der Waals surface area contributed by atoms with Crippen LogP contribution in [0, 0.1) is 0 Å². The molecule has 1 aromatic carbocycles. The summed E-state index contributed by atoms with van der Waals surface area (Å²) >= 11 is 0. The Morgan fingerprint density at radius 3 is 2.35 bits per heavy atom. The lowest BCUT2D eigenvalue weighted by atomic mass is 10.2. The van der Waals surface area contributed by atoms with Gasteiger partial charge in [0.2, 0.25) is 15.9 Å². The minimum Gasteiger partial charge on any atom is -0.374 e. The molecule has 1 unspecified atom stereocenters. The molecule has 1 amide bonds. The first-order valence-electron chi connectivity index (χ1n) is 6.53. The summed E-state index contributed by atoms with van der Waals surface area (Å²) in [6, 6.07) is 6.26. The van der Waals surface area contributed by atoms with E-state index < -0.39 is 10.0 Å². The molecule has 110 valence electrons. The zero-order valence-corrected chi connectivity index (χ0v) is 12.3. The summed E-state index contributed by atoms with van der Waals surface area (Å²) in [5, 5.41) is 5.96. The molecule has 0 aliphatic heterocycles. The Morgan fingerprint density at radius 1 is 1.25 bits per heavy atom. The van der Waals surface area contributed by atoms with Gasteiger partial charge in [-0.15, -0.1) is 0 Å². The quantitative estimate of drug-likeness (QED) is 0.720. The summed E-state index contributed by atoms with van der Waals surface area (Å²) in [6.45, 7) is 1.77. The molecule has 1 aliphatic rings. The van der Waals surface area contributed by atoms with E-state index in [4.69, 9.17) is 0 Å². The number of hydrogen-bond acceptors (Lipinski definition) is 4. The topological polar surface area (TPSA) is 87.3 Å². The SMILES string of the molecule is CNS(=O)(=O)c1ccc(NC(C)C(=O)NC2CC2)cc1. The molecule has 1 atom stereocenters. The predicted molar refractivity (Wildman–Crippen MR) is 76.9 cm³/mol. The molecule has 0 bridgehead atoms. The Kier molecular flexibility index (Phi) is 4.29. The second kappa shape index (κ2) is 5.80. The third-order valence-electron chi connectivity index (χ3n) is 3.13. The van der Waals surface area contributed by atoms with Crippen molar-refractivity contribution in [3.05, 3.63) is 24.3 Å². The maximum atomic E-state index is 11.8. The van der Waals surface area contributed by atoms with Crippen LogP contribution in [-0.2, 0) is 14.8 Å². The Morgan fingerprint density at radius 2 is 1.85 bits per heavy atom. The number of carbonyl (C=O) groups excluding carboxylic acids is 1. The highest BCUT2D eigenvalue weighted by Crippen LogP contribution is 2.19. The minimum atomic E-state index is -3.42. The van der Waals surface area contributed by atoms with Crippen LogP contribution in [0.4, 0.5) is 5.69 Å². The summed E-state index contributed by atoms with van der Waals surface area (Å²) < 4.78 is 25.4. The Balaban J connectivity index is 1.97. The molecular weight excluding hydrogens is 278 g/mol. The van der Waals surface area contributed by atoms with E-state index in [1.807, 2.05) is 0 Å². The van der Waals surface area contributed by atoms with Crippen LogP contribution >= 0.6 is 0 Å². The number of carbonyl (C=O) groups is 1. The lowest BCUT2D eigenvalue weighted by molar-refractivity contribution is -0.121. The Bertz CT molecular complexity index is 579. The maximum Gasteiger partial charge on any atom is 0.242 e. The molecule has 1 aromatic rings. The van der Waals surface area contributed by atoms with Crippen molar-refractivity contribution in [2.75, 3.05) is 12.4 Å². The zero-order chi connectivity index (χ0) is 14.8. The highest BCUT2D eigenvalue weighted by atomic mass is 32.2. The number of rotatable bonds is 6. The van der Waals surface area contributed by atoms with Crippen LogP contribution in [0.5, 0.6) is 0 Å². The van der Waals surface area contributed by atoms with Gasteiger partial charge in [-0.05, 0) is 51.1 Å². The largest absolute Gasteiger partial charge is 0.374 e. The first-order valence-corrected chi connectivity index (χ1v) is 8.01. The molecule has 3 N–H and O–H groups in total. The normalized spacial score (nSPS) is 16.5. The molecule has 0 aromatic heterocycles. The predicted octanol–water partition coefficient (Wildman–Crippen LogP) is 0.674. The minimum absolute atomic E-state index is 0.0422. The lowest BCUT2D eigenvalue weighted by Crippen LogP contribution is -2.38. The molecule has 0 spiro atoms. The summed E-state index contributed by atoms with van der Waals surface area (Å²) in [5.74, 6) is -0.0422. The van der Waals surface area contributed by atoms with Crippen molar-refractivity contribution in [3.8, 4) is 0 Å². The van der Waals surface area contributed by atoms with E-state index in [1.54, 1.807) is 19.1 Å². The van der Waals surface area contributed by atoms with E-state index >= 15 is 0 Å². The molecule has 1 fully saturated rings. The van der Waals surface area contributed by atoms with Gasteiger partial charge in [-0.25, -0.2) is 13.1 Å². The van der Waals surface area contributed by atoms with E-state index in [0.717, 1.165) is 12.8 Å². The van der Waals surface area contributed by atoms with Crippen molar-refractivity contribution in [2.24, 2.45) is 0 Å². The zero-order valence-electron chi connectivity index (χ0n) is 11.5. The Labute approximate surface area is 119 Å². The van der Waals surface area contributed by atoms with Gasteiger partial charge in [0.15, 0.2) is 0 Å². The van der Waals surface area contributed by atoms with Crippen molar-refractivity contribution < 1.29 is 13.2 Å². The number of amides is 1. The van der Waals surface area contributed by atoms with E-state index in [9.17, 15) is 13.2 Å². The third-order valence-corrected chi connectivity index (χ3v) is 4.56. The number of anilines is 1.